The van der Waals surface area contributed by atoms with E-state index >= 15 is 4.39 Å². The lowest BCUT2D eigenvalue weighted by molar-refractivity contribution is -0.0100. The standard InChI is InChI=1S/C42H53FN10O4/c1-25-20-53(42(57)46-25)30-3-2-12-51(24-30)39-32-18-35(47-38(32)33(40(44)55)17-34(39)43)28-6-10-36(45-19-28)50-15-13-49(14-16-50)21-26-22-52(23-26)29-7-4-27(5-8-29)31-9-11-37(54)48-41(31)56/h4-8,10,17-19,25-26,30-31,37,41,47-48,54,56H,2-3,9,11-16,20-24H2,1H3,(H2,44,55)(H,46,57)/t25-,30-,31?,37?,41?/m1/s1. The molecule has 3 unspecified atom stereocenters. The Kier molecular flexibility index (Phi) is 10.2. The van der Waals surface area contributed by atoms with Gasteiger partial charge in [0.05, 0.1) is 22.8 Å². The van der Waals surface area contributed by atoms with Crippen molar-refractivity contribution in [2.75, 3.05) is 80.1 Å². The molecule has 15 heteroatoms. The highest BCUT2D eigenvalue weighted by atomic mass is 19.1. The number of urea groups is 1. The van der Waals surface area contributed by atoms with Crippen LogP contribution in [0.1, 0.15) is 54.4 Å². The van der Waals surface area contributed by atoms with Crippen LogP contribution < -0.4 is 31.1 Å². The Hall–Kier alpha value is -4.96. The third-order valence-corrected chi connectivity index (χ3v) is 12.8. The zero-order valence-corrected chi connectivity index (χ0v) is 32.4. The maximum absolute atomic E-state index is 15.9. The number of nitrogens with one attached hydrogen (secondary N) is 3. The molecule has 5 aliphatic heterocycles. The first-order chi connectivity index (χ1) is 27.6. The minimum Gasteiger partial charge on any atom is -0.379 e. The van der Waals surface area contributed by atoms with Crippen molar-refractivity contribution in [2.24, 2.45) is 11.7 Å². The van der Waals surface area contributed by atoms with Gasteiger partial charge in [0, 0.05) is 112 Å². The number of anilines is 3. The van der Waals surface area contributed by atoms with Crippen LogP contribution in [-0.2, 0) is 0 Å². The molecule has 5 aliphatic rings. The number of benzene rings is 2. The number of amides is 3. The molecule has 0 spiro atoms. The molecule has 5 fully saturated rings. The molecule has 0 saturated carbocycles. The Bertz CT molecular complexity index is 2100. The summed E-state index contributed by atoms with van der Waals surface area (Å²) in [6.07, 6.45) is 3.51. The van der Waals surface area contributed by atoms with Gasteiger partial charge in [0.2, 0.25) is 0 Å². The fourth-order valence-corrected chi connectivity index (χ4v) is 9.69. The van der Waals surface area contributed by atoms with Gasteiger partial charge in [0.1, 0.15) is 24.1 Å². The van der Waals surface area contributed by atoms with Crippen molar-refractivity contribution in [3.63, 3.8) is 0 Å². The molecule has 302 valence electrons. The minimum absolute atomic E-state index is 0.00630. The molecular weight excluding hydrogens is 728 g/mol. The molecule has 57 heavy (non-hydrogen) atoms. The number of carbonyl (C=O) groups is 2. The number of nitrogens with zero attached hydrogens (tertiary/aromatic N) is 6. The van der Waals surface area contributed by atoms with Crippen LogP contribution in [0, 0.1) is 11.7 Å². The molecule has 14 nitrogen and oxygen atoms in total. The number of hydrogen-bond acceptors (Lipinski definition) is 10. The van der Waals surface area contributed by atoms with E-state index in [9.17, 15) is 19.8 Å². The number of aliphatic hydroxyl groups is 2. The number of nitrogens with two attached hydrogens (primary N) is 1. The molecule has 7 N–H and O–H groups in total. The number of rotatable bonds is 9. The molecule has 9 rings (SSSR count). The van der Waals surface area contributed by atoms with Crippen molar-refractivity contribution in [3.05, 3.63) is 71.7 Å². The third-order valence-electron chi connectivity index (χ3n) is 12.8. The lowest BCUT2D eigenvalue weighted by atomic mass is 9.89. The molecule has 5 atom stereocenters. The Morgan fingerprint density at radius 1 is 0.930 bits per heavy atom. The highest BCUT2D eigenvalue weighted by molar-refractivity contribution is 6.10. The zero-order chi connectivity index (χ0) is 39.4. The molecule has 4 aromatic rings. The Balaban J connectivity index is 0.811. The fraction of sp³-hybridized carbons (Fsp3) is 0.500. The van der Waals surface area contributed by atoms with E-state index in [0.717, 1.165) is 87.7 Å². The van der Waals surface area contributed by atoms with Gasteiger partial charge in [-0.2, -0.15) is 0 Å². The van der Waals surface area contributed by atoms with Gasteiger partial charge in [-0.05, 0) is 74.6 Å². The summed E-state index contributed by atoms with van der Waals surface area (Å²) in [7, 11) is 0. The first-order valence-corrected chi connectivity index (χ1v) is 20.5. The van der Waals surface area contributed by atoms with Crippen LogP contribution in [0.2, 0.25) is 0 Å². The van der Waals surface area contributed by atoms with E-state index in [1.165, 1.54) is 11.8 Å². The summed E-state index contributed by atoms with van der Waals surface area (Å²) in [5, 5.41) is 26.5. The van der Waals surface area contributed by atoms with Gasteiger partial charge in [-0.3, -0.25) is 15.0 Å². The highest BCUT2D eigenvalue weighted by Gasteiger charge is 2.36. The van der Waals surface area contributed by atoms with E-state index in [-0.39, 0.29) is 29.6 Å². The number of primary amides is 1. The number of piperazine rings is 1. The van der Waals surface area contributed by atoms with Gasteiger partial charge in [-0.25, -0.2) is 14.2 Å². The van der Waals surface area contributed by atoms with Crippen LogP contribution in [0.25, 0.3) is 22.2 Å². The summed E-state index contributed by atoms with van der Waals surface area (Å²) in [5.74, 6) is 0.305. The first-order valence-electron chi connectivity index (χ1n) is 20.5. The van der Waals surface area contributed by atoms with Crippen molar-refractivity contribution in [2.45, 2.75) is 63.1 Å². The highest BCUT2D eigenvalue weighted by Crippen LogP contribution is 2.38. The largest absolute Gasteiger partial charge is 0.379 e. The van der Waals surface area contributed by atoms with Crippen molar-refractivity contribution >= 4 is 40.0 Å². The lowest BCUT2D eigenvalue weighted by Crippen LogP contribution is -2.55. The van der Waals surface area contributed by atoms with E-state index in [1.807, 2.05) is 41.1 Å². The van der Waals surface area contributed by atoms with Crippen molar-refractivity contribution in [1.29, 1.82) is 0 Å². The summed E-state index contributed by atoms with van der Waals surface area (Å²) in [6.45, 7) is 10.6. The van der Waals surface area contributed by atoms with Crippen LogP contribution >= 0.6 is 0 Å². The maximum Gasteiger partial charge on any atom is 0.318 e. The van der Waals surface area contributed by atoms with Crippen LogP contribution in [0.4, 0.5) is 26.4 Å². The predicted octanol–water partition coefficient (Wildman–Crippen LogP) is 3.21. The van der Waals surface area contributed by atoms with Crippen molar-refractivity contribution in [3.8, 4) is 11.3 Å². The monoisotopic (exact) mass is 780 g/mol. The van der Waals surface area contributed by atoms with Gasteiger partial charge in [0.25, 0.3) is 5.91 Å². The number of fused-ring (bicyclic) bond motifs is 1. The van der Waals surface area contributed by atoms with Crippen molar-refractivity contribution < 1.29 is 24.2 Å². The first kappa shape index (κ1) is 37.6. The number of halogens is 1. The number of aliphatic hydroxyl groups excluding tert-OH is 2. The Labute approximate surface area is 331 Å². The predicted molar refractivity (Wildman–Crippen MR) is 218 cm³/mol. The number of H-pyrrole nitrogens is 1. The van der Waals surface area contributed by atoms with Gasteiger partial charge < -0.3 is 45.8 Å². The van der Waals surface area contributed by atoms with E-state index in [1.54, 1.807) is 0 Å². The molecule has 7 heterocycles. The second-order valence-electron chi connectivity index (χ2n) is 16.7. The number of piperidine rings is 2. The van der Waals surface area contributed by atoms with Gasteiger partial charge in [0.15, 0.2) is 0 Å². The zero-order valence-electron chi connectivity index (χ0n) is 32.4. The van der Waals surface area contributed by atoms with Crippen LogP contribution in [0.5, 0.6) is 0 Å². The van der Waals surface area contributed by atoms with Gasteiger partial charge in [-0.15, -0.1) is 0 Å². The number of pyridine rings is 1. The quantitative estimate of drug-likeness (QED) is 0.148. The summed E-state index contributed by atoms with van der Waals surface area (Å²) < 4.78 is 15.9. The number of aromatic nitrogens is 2. The molecule has 0 radical (unpaired) electrons. The SMILES string of the molecule is C[C@@H]1CN([C@@H]2CCCN(c3c(F)cc(C(N)=O)c4[nH]c(-c5ccc(N6CCN(CC7CN(c8ccc(C9CCC(O)NC9O)cc8)C7)CC6)nc5)cc34)C2)C(=O)N1. The number of carbonyl (C=O) groups excluding carboxylic acids is 2. The molecule has 2 aromatic carbocycles. The number of aromatic amines is 1. The Morgan fingerprint density at radius 2 is 1.72 bits per heavy atom. The second kappa shape index (κ2) is 15.4. The smallest absolute Gasteiger partial charge is 0.318 e. The van der Waals surface area contributed by atoms with Crippen LogP contribution in [-0.4, -0.2) is 132 Å². The van der Waals surface area contributed by atoms with Crippen LogP contribution in [0.15, 0.2) is 54.7 Å². The topological polar surface area (TPSA) is 170 Å². The minimum atomic E-state index is -0.729. The normalized spacial score (nSPS) is 26.2. The summed E-state index contributed by atoms with van der Waals surface area (Å²) in [6, 6.07) is 15.6. The molecule has 5 saturated heterocycles. The average Bonchev–Trinajstić information content (AvgIpc) is 3.78. The third kappa shape index (κ3) is 7.49. The van der Waals surface area contributed by atoms with E-state index in [0.29, 0.717) is 48.6 Å². The summed E-state index contributed by atoms with van der Waals surface area (Å²) >= 11 is 0. The molecule has 0 aliphatic carbocycles. The van der Waals surface area contributed by atoms with Gasteiger partial charge >= 0.3 is 6.03 Å². The number of hydrogen-bond donors (Lipinski definition) is 6. The Morgan fingerprint density at radius 3 is 2.40 bits per heavy atom. The van der Waals surface area contributed by atoms with E-state index in [4.69, 9.17) is 10.7 Å². The molecule has 3 amide bonds. The molecular formula is C42H53FN10O4. The lowest BCUT2D eigenvalue weighted by Gasteiger charge is -2.45. The molecule has 0 bridgehead atoms. The van der Waals surface area contributed by atoms with Crippen LogP contribution in [0.3, 0.4) is 0 Å². The fourth-order valence-electron chi connectivity index (χ4n) is 9.69. The summed E-state index contributed by atoms with van der Waals surface area (Å²) in [5.41, 5.74) is 10.6. The maximum atomic E-state index is 15.9. The van der Waals surface area contributed by atoms with Crippen molar-refractivity contribution in [1.82, 2.24) is 30.4 Å². The second-order valence-corrected chi connectivity index (χ2v) is 16.7. The van der Waals surface area contributed by atoms with Gasteiger partial charge in [-0.1, -0.05) is 12.1 Å². The average molecular weight is 781 g/mol. The summed E-state index contributed by atoms with van der Waals surface area (Å²) in [4.78, 5) is 44.5. The molecule has 2 aromatic heterocycles. The van der Waals surface area contributed by atoms with E-state index in [2.05, 4.69) is 54.6 Å². The van der Waals surface area contributed by atoms with E-state index < -0.39 is 24.2 Å².